The molecule has 2 aromatic carbocycles. The number of carbonyl (C=O) groups is 1. The van der Waals surface area contributed by atoms with Gasteiger partial charge in [-0.15, -0.1) is 0 Å². The van der Waals surface area contributed by atoms with Gasteiger partial charge in [-0.1, -0.05) is 12.1 Å². The van der Waals surface area contributed by atoms with Crippen molar-refractivity contribution in [3.8, 4) is 0 Å². The Morgan fingerprint density at radius 2 is 1.96 bits per heavy atom. The molecule has 0 fully saturated rings. The Morgan fingerprint density at radius 3 is 2.60 bits per heavy atom. The van der Waals surface area contributed by atoms with Gasteiger partial charge in [-0.3, -0.25) is 14.9 Å². The maximum absolute atomic E-state index is 11.8. The number of nitrogens with zero attached hydrogens (tertiary/aromatic N) is 2. The molecule has 0 radical (unpaired) electrons. The number of anilines is 1. The number of aryl methyl sites for hydroxylation is 1. The van der Waals surface area contributed by atoms with Crippen LogP contribution in [0.2, 0.25) is 0 Å². The first kappa shape index (κ1) is 19.1. The van der Waals surface area contributed by atoms with E-state index in [9.17, 15) is 14.9 Å². The summed E-state index contributed by atoms with van der Waals surface area (Å²) in [6.07, 6.45) is 1.35. The summed E-state index contributed by atoms with van der Waals surface area (Å²) in [6.45, 7) is 1.99. The molecule has 0 aliphatic rings. The lowest BCUT2D eigenvalue weighted by Gasteiger charge is -2.11. The van der Waals surface area contributed by atoms with Crippen LogP contribution in [0.1, 0.15) is 11.1 Å². The molecule has 9 heteroatoms. The van der Waals surface area contributed by atoms with Crippen LogP contribution in [0.25, 0.3) is 0 Å². The van der Waals surface area contributed by atoms with Crippen molar-refractivity contribution < 1.29 is 9.72 Å². The summed E-state index contributed by atoms with van der Waals surface area (Å²) < 4.78 is 1.68. The van der Waals surface area contributed by atoms with Crippen LogP contribution in [0.3, 0.4) is 0 Å². The Hall–Kier alpha value is -2.26. The molecule has 2 N–H and O–H groups in total. The number of rotatable bonds is 6. The summed E-state index contributed by atoms with van der Waals surface area (Å²) >= 11 is 6.88. The van der Waals surface area contributed by atoms with E-state index < -0.39 is 4.92 Å². The molecule has 0 heterocycles. The number of hydrogen-bond donors (Lipinski definition) is 2. The fourth-order valence-electron chi connectivity index (χ4n) is 1.97. The lowest BCUT2D eigenvalue weighted by atomic mass is 10.2. The van der Waals surface area contributed by atoms with E-state index in [2.05, 4.69) is 47.7 Å². The molecule has 130 valence electrons. The highest BCUT2D eigenvalue weighted by atomic mass is 79.9. The lowest BCUT2D eigenvalue weighted by molar-refractivity contribution is -0.384. The minimum absolute atomic E-state index is 0.0204. The van der Waals surface area contributed by atoms with Crippen LogP contribution in [0.5, 0.6) is 0 Å². The molecule has 7 nitrogen and oxygen atoms in total. The minimum Gasteiger partial charge on any atom is -0.374 e. The van der Waals surface area contributed by atoms with Gasteiger partial charge < -0.3 is 5.32 Å². The van der Waals surface area contributed by atoms with Gasteiger partial charge in [0, 0.05) is 26.6 Å². The first-order valence-electron chi connectivity index (χ1n) is 7.12. The van der Waals surface area contributed by atoms with Gasteiger partial charge in [-0.25, -0.2) is 5.43 Å². The van der Waals surface area contributed by atoms with E-state index in [-0.39, 0.29) is 18.1 Å². The van der Waals surface area contributed by atoms with Gasteiger partial charge in [0.2, 0.25) is 0 Å². The van der Waals surface area contributed by atoms with E-state index >= 15 is 0 Å². The van der Waals surface area contributed by atoms with Gasteiger partial charge in [0.1, 0.15) is 0 Å². The monoisotopic (exact) mass is 468 g/mol. The highest BCUT2D eigenvalue weighted by molar-refractivity contribution is 9.11. The van der Waals surface area contributed by atoms with Crippen molar-refractivity contribution in [3.63, 3.8) is 0 Å². The number of benzene rings is 2. The van der Waals surface area contributed by atoms with Crippen molar-refractivity contribution in [2.24, 2.45) is 5.10 Å². The molecule has 25 heavy (non-hydrogen) atoms. The molecule has 0 unspecified atom stereocenters. The number of nitrogens with one attached hydrogen (secondary N) is 2. The zero-order valence-electron chi connectivity index (χ0n) is 13.1. The minimum atomic E-state index is -0.489. The maximum atomic E-state index is 11.8. The first-order chi connectivity index (χ1) is 11.9. The largest absolute Gasteiger partial charge is 0.374 e. The lowest BCUT2D eigenvalue weighted by Crippen LogP contribution is -2.26. The molecule has 0 aromatic heterocycles. The highest BCUT2D eigenvalue weighted by Gasteiger charge is 2.08. The molecule has 0 aliphatic carbocycles. The van der Waals surface area contributed by atoms with Crippen LogP contribution in [0, 0.1) is 17.0 Å². The van der Waals surface area contributed by atoms with E-state index in [0.29, 0.717) is 5.56 Å². The molecule has 0 saturated heterocycles. The van der Waals surface area contributed by atoms with E-state index in [4.69, 9.17) is 0 Å². The third kappa shape index (κ3) is 5.64. The molecular weight excluding hydrogens is 456 g/mol. The summed E-state index contributed by atoms with van der Waals surface area (Å²) in [5.41, 5.74) is 4.70. The van der Waals surface area contributed by atoms with Gasteiger partial charge >= 0.3 is 0 Å². The second-order valence-corrected chi connectivity index (χ2v) is 6.81. The molecule has 1 amide bonds. The smallest absolute Gasteiger partial charge is 0.270 e. The number of non-ortho nitro benzene ring substituents is 1. The average molecular weight is 470 g/mol. The number of nitro benzene ring substituents is 1. The molecule has 2 rings (SSSR count). The van der Waals surface area contributed by atoms with Crippen molar-refractivity contribution in [1.82, 2.24) is 5.43 Å². The molecule has 2 aromatic rings. The highest BCUT2D eigenvalue weighted by Crippen LogP contribution is 2.32. The average Bonchev–Trinajstić information content (AvgIpc) is 2.54. The third-order valence-corrected chi connectivity index (χ3v) is 4.35. The van der Waals surface area contributed by atoms with Crippen LogP contribution in [0.15, 0.2) is 50.4 Å². The number of amides is 1. The van der Waals surface area contributed by atoms with Crippen molar-refractivity contribution >= 4 is 55.4 Å². The van der Waals surface area contributed by atoms with Crippen molar-refractivity contribution in [3.05, 3.63) is 66.6 Å². The zero-order chi connectivity index (χ0) is 18.4. The van der Waals surface area contributed by atoms with Gasteiger partial charge in [0.05, 0.1) is 23.4 Å². The number of nitro groups is 1. The van der Waals surface area contributed by atoms with E-state index in [1.54, 1.807) is 12.1 Å². The second kappa shape index (κ2) is 8.72. The SMILES string of the molecule is Cc1cc(Br)c(NCC(=O)N/N=C\c2cccc([N+](=O)[O-])c2)c(Br)c1. The maximum Gasteiger partial charge on any atom is 0.270 e. The quantitative estimate of drug-likeness (QED) is 0.379. The van der Waals surface area contributed by atoms with Crippen LogP contribution >= 0.6 is 31.9 Å². The van der Waals surface area contributed by atoms with Crippen molar-refractivity contribution in [2.75, 3.05) is 11.9 Å². The Labute approximate surface area is 160 Å². The van der Waals surface area contributed by atoms with E-state index in [0.717, 1.165) is 20.2 Å². The molecule has 0 atom stereocenters. The summed E-state index contributed by atoms with van der Waals surface area (Å²) in [5.74, 6) is -0.346. The standard InChI is InChI=1S/C16H14Br2N4O3/c1-10-5-13(17)16(14(18)6-10)19-9-15(23)21-20-8-11-3-2-4-12(7-11)22(24)25/h2-8,19H,9H2,1H3,(H,21,23)/b20-8-. The first-order valence-corrected chi connectivity index (χ1v) is 8.71. The normalized spacial score (nSPS) is 10.7. The van der Waals surface area contributed by atoms with Crippen molar-refractivity contribution in [2.45, 2.75) is 6.92 Å². The summed E-state index contributed by atoms with van der Waals surface area (Å²) in [6, 6.07) is 9.83. The third-order valence-electron chi connectivity index (χ3n) is 3.10. The Morgan fingerprint density at radius 1 is 1.28 bits per heavy atom. The van der Waals surface area contributed by atoms with Gasteiger partial charge in [-0.2, -0.15) is 5.10 Å². The number of halogens is 2. The topological polar surface area (TPSA) is 96.6 Å². The number of carbonyl (C=O) groups excluding carboxylic acids is 1. The van der Waals surface area contributed by atoms with Gasteiger partial charge in [-0.05, 0) is 56.5 Å². The van der Waals surface area contributed by atoms with E-state index in [1.165, 1.54) is 18.3 Å². The molecular formula is C16H14Br2N4O3. The summed E-state index contributed by atoms with van der Waals surface area (Å²) in [7, 11) is 0. The van der Waals surface area contributed by atoms with Crippen LogP contribution < -0.4 is 10.7 Å². The van der Waals surface area contributed by atoms with Gasteiger partial charge in [0.25, 0.3) is 11.6 Å². The summed E-state index contributed by atoms with van der Waals surface area (Å²) in [4.78, 5) is 22.1. The fraction of sp³-hybridized carbons (Fsp3) is 0.125. The van der Waals surface area contributed by atoms with Crippen LogP contribution in [-0.2, 0) is 4.79 Å². The van der Waals surface area contributed by atoms with Crippen LogP contribution in [0.4, 0.5) is 11.4 Å². The zero-order valence-corrected chi connectivity index (χ0v) is 16.3. The number of hydrogen-bond acceptors (Lipinski definition) is 5. The molecule has 0 saturated carbocycles. The molecule has 0 bridgehead atoms. The van der Waals surface area contributed by atoms with Crippen molar-refractivity contribution in [1.29, 1.82) is 0 Å². The predicted octanol–water partition coefficient (Wildman–Crippen LogP) is 3.99. The predicted molar refractivity (Wildman–Crippen MR) is 104 cm³/mol. The second-order valence-electron chi connectivity index (χ2n) is 5.10. The summed E-state index contributed by atoms with van der Waals surface area (Å²) in [5, 5.41) is 17.5. The van der Waals surface area contributed by atoms with E-state index in [1.807, 2.05) is 19.1 Å². The fourth-order valence-corrected chi connectivity index (χ4v) is 3.67. The molecule has 0 aliphatic heterocycles. The number of hydrazone groups is 1. The Balaban J connectivity index is 1.91. The molecule has 0 spiro atoms. The van der Waals surface area contributed by atoms with Gasteiger partial charge in [0.15, 0.2) is 0 Å². The Kier molecular flexibility index (Phi) is 6.65. The Bertz CT molecular complexity index is 817. The van der Waals surface area contributed by atoms with Crippen LogP contribution in [-0.4, -0.2) is 23.6 Å².